The quantitative estimate of drug-likeness (QED) is 0.674. The number of hydrazine groups is 1. The first kappa shape index (κ1) is 15.0. The van der Waals surface area contributed by atoms with Crippen LogP contribution in [0.2, 0.25) is 0 Å². The zero-order valence-electron chi connectivity index (χ0n) is 12.6. The molecule has 0 saturated heterocycles. The van der Waals surface area contributed by atoms with Crippen LogP contribution >= 0.6 is 0 Å². The molecule has 3 rings (SSSR count). The molecular formula is C19H18N2O2. The zero-order chi connectivity index (χ0) is 16.1. The summed E-state index contributed by atoms with van der Waals surface area (Å²) in [5.41, 5.74) is 7.01. The van der Waals surface area contributed by atoms with Gasteiger partial charge in [0.05, 0.1) is 0 Å². The monoisotopic (exact) mass is 306 g/mol. The van der Waals surface area contributed by atoms with Gasteiger partial charge in [0.25, 0.3) is 5.91 Å². The highest BCUT2D eigenvalue weighted by Gasteiger charge is 2.43. The largest absolute Gasteiger partial charge is 0.273 e. The molecule has 0 bridgehead atoms. The van der Waals surface area contributed by atoms with E-state index in [2.05, 4.69) is 10.9 Å². The van der Waals surface area contributed by atoms with Crippen LogP contribution in [0.5, 0.6) is 0 Å². The fraction of sp³-hybridized carbons (Fsp3) is 0.158. The number of benzene rings is 2. The van der Waals surface area contributed by atoms with Gasteiger partial charge in [-0.2, -0.15) is 0 Å². The number of carbonyl (C=O) groups excluding carboxylic acids is 2. The van der Waals surface area contributed by atoms with Crippen LogP contribution in [0.3, 0.4) is 0 Å². The molecule has 1 fully saturated rings. The number of rotatable bonds is 4. The summed E-state index contributed by atoms with van der Waals surface area (Å²) in [6.07, 6.45) is 3.92. The SMILES string of the molecule is O=C(/C=C/c1ccccc1)NNC(=O)C1CC1c1ccccc1. The number of amides is 2. The second kappa shape index (κ2) is 6.92. The van der Waals surface area contributed by atoms with Gasteiger partial charge in [-0.1, -0.05) is 60.7 Å². The van der Waals surface area contributed by atoms with Gasteiger partial charge in [-0.15, -0.1) is 0 Å². The summed E-state index contributed by atoms with van der Waals surface area (Å²) in [6.45, 7) is 0. The first-order chi connectivity index (χ1) is 11.2. The maximum atomic E-state index is 12.0. The van der Waals surface area contributed by atoms with Crippen LogP contribution in [0.25, 0.3) is 6.08 Å². The molecule has 0 heterocycles. The Balaban J connectivity index is 1.45. The highest BCUT2D eigenvalue weighted by molar-refractivity contribution is 5.93. The lowest BCUT2D eigenvalue weighted by molar-refractivity contribution is -0.127. The Morgan fingerprint density at radius 1 is 0.913 bits per heavy atom. The van der Waals surface area contributed by atoms with Crippen molar-refractivity contribution >= 4 is 17.9 Å². The van der Waals surface area contributed by atoms with Gasteiger partial charge in [-0.25, -0.2) is 0 Å². The van der Waals surface area contributed by atoms with Gasteiger partial charge in [0.2, 0.25) is 5.91 Å². The van der Waals surface area contributed by atoms with E-state index in [1.807, 2.05) is 60.7 Å². The van der Waals surface area contributed by atoms with E-state index >= 15 is 0 Å². The van der Waals surface area contributed by atoms with E-state index in [0.717, 1.165) is 12.0 Å². The van der Waals surface area contributed by atoms with Gasteiger partial charge >= 0.3 is 0 Å². The van der Waals surface area contributed by atoms with Crippen LogP contribution in [0.4, 0.5) is 0 Å². The van der Waals surface area contributed by atoms with Gasteiger partial charge in [0.1, 0.15) is 0 Å². The topological polar surface area (TPSA) is 58.2 Å². The van der Waals surface area contributed by atoms with E-state index in [0.29, 0.717) is 0 Å². The molecule has 0 radical (unpaired) electrons. The lowest BCUT2D eigenvalue weighted by Crippen LogP contribution is -2.41. The predicted octanol–water partition coefficient (Wildman–Crippen LogP) is 2.65. The minimum atomic E-state index is -0.348. The van der Waals surface area contributed by atoms with Crippen molar-refractivity contribution in [2.45, 2.75) is 12.3 Å². The van der Waals surface area contributed by atoms with Crippen molar-refractivity contribution in [3.8, 4) is 0 Å². The van der Waals surface area contributed by atoms with E-state index in [4.69, 9.17) is 0 Å². The van der Waals surface area contributed by atoms with E-state index in [1.165, 1.54) is 11.6 Å². The Bertz CT molecular complexity index is 711. The fourth-order valence-corrected chi connectivity index (χ4v) is 2.55. The predicted molar refractivity (Wildman–Crippen MR) is 89.1 cm³/mol. The third-order valence-electron chi connectivity index (χ3n) is 3.89. The summed E-state index contributed by atoms with van der Waals surface area (Å²) in [7, 11) is 0. The molecular weight excluding hydrogens is 288 g/mol. The molecule has 1 saturated carbocycles. The molecule has 0 spiro atoms. The van der Waals surface area contributed by atoms with Crippen molar-refractivity contribution in [3.63, 3.8) is 0 Å². The van der Waals surface area contributed by atoms with Crippen molar-refractivity contribution in [3.05, 3.63) is 77.9 Å². The number of hydrogen-bond acceptors (Lipinski definition) is 2. The summed E-state index contributed by atoms with van der Waals surface area (Å²) in [5.74, 6) is -0.289. The van der Waals surface area contributed by atoms with E-state index in [1.54, 1.807) is 6.08 Å². The average molecular weight is 306 g/mol. The summed E-state index contributed by atoms with van der Waals surface area (Å²) >= 11 is 0. The Labute approximate surface area is 135 Å². The van der Waals surface area contributed by atoms with Crippen LogP contribution in [0.1, 0.15) is 23.5 Å². The van der Waals surface area contributed by atoms with Crippen molar-refractivity contribution in [1.29, 1.82) is 0 Å². The fourth-order valence-electron chi connectivity index (χ4n) is 2.55. The molecule has 2 N–H and O–H groups in total. The second-order valence-corrected chi connectivity index (χ2v) is 5.58. The molecule has 1 aliphatic rings. The van der Waals surface area contributed by atoms with Gasteiger partial charge in [0, 0.05) is 12.0 Å². The molecule has 4 nitrogen and oxygen atoms in total. The maximum Gasteiger partial charge on any atom is 0.262 e. The summed E-state index contributed by atoms with van der Waals surface area (Å²) in [6, 6.07) is 19.5. The van der Waals surface area contributed by atoms with Gasteiger partial charge in [0.15, 0.2) is 0 Å². The summed E-state index contributed by atoms with van der Waals surface area (Å²) in [4.78, 5) is 23.7. The average Bonchev–Trinajstić information content (AvgIpc) is 3.40. The lowest BCUT2D eigenvalue weighted by atomic mass is 10.1. The van der Waals surface area contributed by atoms with Crippen molar-refractivity contribution in [2.75, 3.05) is 0 Å². The Morgan fingerprint density at radius 2 is 1.57 bits per heavy atom. The normalized spacial score (nSPS) is 19.3. The Kier molecular flexibility index (Phi) is 4.52. The second-order valence-electron chi connectivity index (χ2n) is 5.58. The highest BCUT2D eigenvalue weighted by Crippen LogP contribution is 2.47. The molecule has 1 aliphatic carbocycles. The van der Waals surface area contributed by atoms with Crippen LogP contribution in [-0.2, 0) is 9.59 Å². The molecule has 2 atom stereocenters. The molecule has 4 heteroatoms. The number of hydrogen-bond donors (Lipinski definition) is 2. The highest BCUT2D eigenvalue weighted by atomic mass is 16.2. The minimum absolute atomic E-state index is 0.0594. The molecule has 116 valence electrons. The molecule has 2 aromatic carbocycles. The number of nitrogens with one attached hydrogen (secondary N) is 2. The van der Waals surface area contributed by atoms with E-state index in [-0.39, 0.29) is 23.7 Å². The Hall–Kier alpha value is -2.88. The van der Waals surface area contributed by atoms with Crippen LogP contribution in [-0.4, -0.2) is 11.8 Å². The van der Waals surface area contributed by atoms with Crippen molar-refractivity contribution in [1.82, 2.24) is 10.9 Å². The standard InChI is InChI=1S/C19H18N2O2/c22-18(12-11-14-7-3-1-4-8-14)20-21-19(23)17-13-16(17)15-9-5-2-6-10-15/h1-12,16-17H,13H2,(H,20,22)(H,21,23)/b12-11+. The number of carbonyl (C=O) groups is 2. The van der Waals surface area contributed by atoms with Gasteiger partial charge < -0.3 is 0 Å². The first-order valence-corrected chi connectivity index (χ1v) is 7.62. The third kappa shape index (κ3) is 4.07. The van der Waals surface area contributed by atoms with Crippen molar-refractivity contribution < 1.29 is 9.59 Å². The van der Waals surface area contributed by atoms with Gasteiger partial charge in [-0.05, 0) is 29.5 Å². The Morgan fingerprint density at radius 3 is 2.26 bits per heavy atom. The van der Waals surface area contributed by atoms with Crippen molar-refractivity contribution in [2.24, 2.45) is 5.92 Å². The summed E-state index contributed by atoms with van der Waals surface area (Å²) in [5, 5.41) is 0. The van der Waals surface area contributed by atoms with E-state index < -0.39 is 0 Å². The lowest BCUT2D eigenvalue weighted by Gasteiger charge is -2.05. The minimum Gasteiger partial charge on any atom is -0.273 e. The van der Waals surface area contributed by atoms with Gasteiger partial charge in [-0.3, -0.25) is 20.4 Å². The molecule has 2 unspecified atom stereocenters. The summed E-state index contributed by atoms with van der Waals surface area (Å²) < 4.78 is 0. The molecule has 0 aromatic heterocycles. The van der Waals surface area contributed by atoms with Crippen LogP contribution in [0, 0.1) is 5.92 Å². The molecule has 2 aromatic rings. The smallest absolute Gasteiger partial charge is 0.262 e. The first-order valence-electron chi connectivity index (χ1n) is 7.62. The molecule has 23 heavy (non-hydrogen) atoms. The third-order valence-corrected chi connectivity index (χ3v) is 3.89. The molecule has 0 aliphatic heterocycles. The molecule has 2 amide bonds. The van der Waals surface area contributed by atoms with Crippen LogP contribution in [0.15, 0.2) is 66.7 Å². The maximum absolute atomic E-state index is 12.0. The zero-order valence-corrected chi connectivity index (χ0v) is 12.6. The van der Waals surface area contributed by atoms with Crippen LogP contribution < -0.4 is 10.9 Å². The van der Waals surface area contributed by atoms with E-state index in [9.17, 15) is 9.59 Å².